The van der Waals surface area contributed by atoms with Crippen molar-refractivity contribution >= 4 is 11.6 Å². The van der Waals surface area contributed by atoms with Crippen LogP contribution in [0.2, 0.25) is 5.02 Å². The summed E-state index contributed by atoms with van der Waals surface area (Å²) in [4.78, 5) is 2.27. The van der Waals surface area contributed by atoms with Crippen LogP contribution in [-0.2, 0) is 11.3 Å². The molecule has 3 nitrogen and oxygen atoms in total. The lowest BCUT2D eigenvalue weighted by atomic mass is 10.1. The van der Waals surface area contributed by atoms with E-state index in [9.17, 15) is 5.11 Å². The summed E-state index contributed by atoms with van der Waals surface area (Å²) in [5.41, 5.74) is 2.32. The summed E-state index contributed by atoms with van der Waals surface area (Å²) >= 11 is 5.91. The van der Waals surface area contributed by atoms with E-state index in [1.165, 1.54) is 5.56 Å². The molecule has 2 aromatic rings. The molecule has 0 amide bonds. The Labute approximate surface area is 156 Å². The Hall–Kier alpha value is -1.39. The molecule has 0 saturated heterocycles. The van der Waals surface area contributed by atoms with E-state index >= 15 is 0 Å². The third-order valence-corrected chi connectivity index (χ3v) is 4.39. The molecule has 0 spiro atoms. The number of rotatable bonds is 10. The summed E-state index contributed by atoms with van der Waals surface area (Å²) in [6.07, 6.45) is 0.479. The van der Waals surface area contributed by atoms with E-state index < -0.39 is 6.10 Å². The SMILES string of the molecule is CCCN(Cc1ccccc1)CC(O)COC(C)c1ccc(Cl)cc1. The van der Waals surface area contributed by atoms with E-state index in [0.717, 1.165) is 25.1 Å². The van der Waals surface area contributed by atoms with Gasteiger partial charge >= 0.3 is 0 Å². The Kier molecular flexibility index (Phi) is 8.42. The summed E-state index contributed by atoms with van der Waals surface area (Å²) in [6.45, 7) is 6.87. The first kappa shape index (κ1) is 19.9. The zero-order valence-corrected chi connectivity index (χ0v) is 15.8. The van der Waals surface area contributed by atoms with Crippen molar-refractivity contribution < 1.29 is 9.84 Å². The molecule has 0 aliphatic carbocycles. The normalized spacial score (nSPS) is 13.8. The van der Waals surface area contributed by atoms with Gasteiger partial charge in [-0.25, -0.2) is 0 Å². The van der Waals surface area contributed by atoms with Gasteiger partial charge in [-0.15, -0.1) is 0 Å². The average molecular weight is 362 g/mol. The quantitative estimate of drug-likeness (QED) is 0.666. The summed E-state index contributed by atoms with van der Waals surface area (Å²) in [7, 11) is 0. The molecule has 0 radical (unpaired) electrons. The summed E-state index contributed by atoms with van der Waals surface area (Å²) in [5.74, 6) is 0. The van der Waals surface area contributed by atoms with Crippen LogP contribution in [0.25, 0.3) is 0 Å². The first-order valence-electron chi connectivity index (χ1n) is 8.90. The zero-order chi connectivity index (χ0) is 18.1. The lowest BCUT2D eigenvalue weighted by Gasteiger charge is -2.25. The number of benzene rings is 2. The number of ether oxygens (including phenoxy) is 1. The highest BCUT2D eigenvalue weighted by atomic mass is 35.5. The van der Waals surface area contributed by atoms with Crippen molar-refractivity contribution in [2.45, 2.75) is 39.0 Å². The van der Waals surface area contributed by atoms with Crippen LogP contribution in [-0.4, -0.2) is 35.8 Å². The number of halogens is 1. The van der Waals surface area contributed by atoms with E-state index in [0.29, 0.717) is 18.2 Å². The maximum Gasteiger partial charge on any atom is 0.0900 e. The zero-order valence-electron chi connectivity index (χ0n) is 15.1. The predicted molar refractivity (Wildman–Crippen MR) is 104 cm³/mol. The van der Waals surface area contributed by atoms with Gasteiger partial charge < -0.3 is 9.84 Å². The van der Waals surface area contributed by atoms with Crippen LogP contribution in [0.1, 0.15) is 37.5 Å². The minimum absolute atomic E-state index is 0.0688. The highest BCUT2D eigenvalue weighted by Gasteiger charge is 2.14. The molecule has 136 valence electrons. The van der Waals surface area contributed by atoms with E-state index in [-0.39, 0.29) is 6.10 Å². The van der Waals surface area contributed by atoms with Gasteiger partial charge in [0, 0.05) is 18.1 Å². The fourth-order valence-electron chi connectivity index (χ4n) is 2.83. The van der Waals surface area contributed by atoms with Crippen molar-refractivity contribution in [3.63, 3.8) is 0 Å². The van der Waals surface area contributed by atoms with Gasteiger partial charge in [0.05, 0.1) is 18.8 Å². The standard InChI is InChI=1S/C21H28ClNO2/c1-3-13-23(14-18-7-5-4-6-8-18)15-21(24)16-25-17(2)19-9-11-20(22)12-10-19/h4-12,17,21,24H,3,13-16H2,1-2H3. The molecule has 0 heterocycles. The lowest BCUT2D eigenvalue weighted by Crippen LogP contribution is -2.35. The smallest absolute Gasteiger partial charge is 0.0900 e. The highest BCUT2D eigenvalue weighted by molar-refractivity contribution is 6.30. The monoisotopic (exact) mass is 361 g/mol. The van der Waals surface area contributed by atoms with Crippen molar-refractivity contribution in [2.75, 3.05) is 19.7 Å². The molecule has 2 aromatic carbocycles. The van der Waals surface area contributed by atoms with Crippen LogP contribution >= 0.6 is 11.6 Å². The van der Waals surface area contributed by atoms with Crippen molar-refractivity contribution in [3.8, 4) is 0 Å². The van der Waals surface area contributed by atoms with E-state index in [2.05, 4.69) is 24.0 Å². The Bertz CT molecular complexity index is 603. The van der Waals surface area contributed by atoms with E-state index in [1.54, 1.807) is 0 Å². The minimum atomic E-state index is -0.509. The van der Waals surface area contributed by atoms with Gasteiger partial charge in [0.2, 0.25) is 0 Å². The maximum absolute atomic E-state index is 10.4. The Morgan fingerprint density at radius 1 is 1.08 bits per heavy atom. The average Bonchev–Trinajstić information content (AvgIpc) is 2.61. The summed E-state index contributed by atoms with van der Waals surface area (Å²) < 4.78 is 5.84. The summed E-state index contributed by atoms with van der Waals surface area (Å²) in [6, 6.07) is 18.0. The van der Waals surface area contributed by atoms with Gasteiger partial charge in [0.25, 0.3) is 0 Å². The molecule has 0 fully saturated rings. The molecule has 1 N–H and O–H groups in total. The van der Waals surface area contributed by atoms with Crippen LogP contribution in [0.5, 0.6) is 0 Å². The van der Waals surface area contributed by atoms with E-state index in [1.807, 2.05) is 49.4 Å². The number of hydrogen-bond acceptors (Lipinski definition) is 3. The first-order valence-corrected chi connectivity index (χ1v) is 9.27. The molecule has 0 aliphatic heterocycles. The predicted octanol–water partition coefficient (Wildman–Crippen LogP) is 4.69. The topological polar surface area (TPSA) is 32.7 Å². The molecule has 2 atom stereocenters. The van der Waals surface area contributed by atoms with E-state index in [4.69, 9.17) is 16.3 Å². The van der Waals surface area contributed by atoms with Crippen molar-refractivity contribution in [1.29, 1.82) is 0 Å². The second-order valence-electron chi connectivity index (χ2n) is 6.40. The fourth-order valence-corrected chi connectivity index (χ4v) is 2.95. The number of aliphatic hydroxyl groups excluding tert-OH is 1. The van der Waals surface area contributed by atoms with Gasteiger partial charge in [0.15, 0.2) is 0 Å². The molecule has 0 aromatic heterocycles. The van der Waals surface area contributed by atoms with Crippen LogP contribution in [0.15, 0.2) is 54.6 Å². The van der Waals surface area contributed by atoms with Gasteiger partial charge in [-0.1, -0.05) is 61.0 Å². The Balaban J connectivity index is 1.81. The van der Waals surface area contributed by atoms with Gasteiger partial charge in [-0.3, -0.25) is 4.90 Å². The molecule has 0 saturated carbocycles. The summed E-state index contributed by atoms with van der Waals surface area (Å²) in [5, 5.41) is 11.1. The molecular weight excluding hydrogens is 334 g/mol. The number of nitrogens with zero attached hydrogens (tertiary/aromatic N) is 1. The lowest BCUT2D eigenvalue weighted by molar-refractivity contribution is -0.0166. The third kappa shape index (κ3) is 7.17. The number of hydrogen-bond donors (Lipinski definition) is 1. The molecule has 4 heteroatoms. The van der Waals surface area contributed by atoms with Gasteiger partial charge in [-0.2, -0.15) is 0 Å². The highest BCUT2D eigenvalue weighted by Crippen LogP contribution is 2.19. The minimum Gasteiger partial charge on any atom is -0.389 e. The third-order valence-electron chi connectivity index (χ3n) is 4.14. The first-order chi connectivity index (χ1) is 12.1. The van der Waals surface area contributed by atoms with Crippen LogP contribution in [0, 0.1) is 0 Å². The molecule has 0 bridgehead atoms. The largest absolute Gasteiger partial charge is 0.389 e. The second-order valence-corrected chi connectivity index (χ2v) is 6.84. The maximum atomic E-state index is 10.4. The molecule has 0 aliphatic rings. The number of aliphatic hydroxyl groups is 1. The second kappa shape index (κ2) is 10.6. The fraction of sp³-hybridized carbons (Fsp3) is 0.429. The van der Waals surface area contributed by atoms with Crippen LogP contribution in [0.4, 0.5) is 0 Å². The van der Waals surface area contributed by atoms with Gasteiger partial charge in [-0.05, 0) is 43.1 Å². The molecule has 2 unspecified atom stereocenters. The van der Waals surface area contributed by atoms with Crippen molar-refractivity contribution in [3.05, 3.63) is 70.7 Å². The van der Waals surface area contributed by atoms with Crippen molar-refractivity contribution in [2.24, 2.45) is 0 Å². The molecule has 25 heavy (non-hydrogen) atoms. The Morgan fingerprint density at radius 2 is 1.76 bits per heavy atom. The molecular formula is C21H28ClNO2. The van der Waals surface area contributed by atoms with Crippen LogP contribution in [0.3, 0.4) is 0 Å². The molecule has 2 rings (SSSR count). The van der Waals surface area contributed by atoms with Crippen molar-refractivity contribution in [1.82, 2.24) is 4.90 Å². The van der Waals surface area contributed by atoms with Crippen LogP contribution < -0.4 is 0 Å². The Morgan fingerprint density at radius 3 is 2.40 bits per heavy atom. The van der Waals surface area contributed by atoms with Gasteiger partial charge in [0.1, 0.15) is 0 Å².